The molecular formula is C22H25NO3. The molecule has 2 rings (SSSR count). The molecule has 0 saturated heterocycles. The maximum absolute atomic E-state index is 12.9. The first-order valence-corrected chi connectivity index (χ1v) is 8.81. The zero-order chi connectivity index (χ0) is 18.9. The molecule has 0 radical (unpaired) electrons. The second-order valence-corrected chi connectivity index (χ2v) is 6.27. The van der Waals surface area contributed by atoms with Crippen molar-refractivity contribution in [3.63, 3.8) is 0 Å². The molecule has 0 atom stereocenters. The Kier molecular flexibility index (Phi) is 7.15. The van der Waals surface area contributed by atoms with Gasteiger partial charge in [0.05, 0.1) is 12.2 Å². The van der Waals surface area contributed by atoms with Crippen molar-refractivity contribution in [2.24, 2.45) is 0 Å². The normalized spacial score (nSPS) is 10.3. The summed E-state index contributed by atoms with van der Waals surface area (Å²) in [7, 11) is 0. The SMILES string of the molecule is C=Cc1ccccc1N(Cc1ccccc1C)C(=O)CCCCC(=O)O. The molecule has 136 valence electrons. The van der Waals surface area contributed by atoms with Crippen molar-refractivity contribution in [2.45, 2.75) is 39.2 Å². The minimum atomic E-state index is -0.828. The van der Waals surface area contributed by atoms with E-state index in [1.54, 1.807) is 11.0 Å². The zero-order valence-electron chi connectivity index (χ0n) is 15.1. The highest BCUT2D eigenvalue weighted by molar-refractivity contribution is 5.95. The van der Waals surface area contributed by atoms with Crippen molar-refractivity contribution in [1.29, 1.82) is 0 Å². The molecule has 1 N–H and O–H groups in total. The van der Waals surface area contributed by atoms with Crippen molar-refractivity contribution >= 4 is 23.6 Å². The van der Waals surface area contributed by atoms with Crippen LogP contribution in [0.5, 0.6) is 0 Å². The van der Waals surface area contributed by atoms with E-state index in [-0.39, 0.29) is 12.3 Å². The molecule has 0 aliphatic carbocycles. The van der Waals surface area contributed by atoms with Crippen LogP contribution in [0.25, 0.3) is 6.08 Å². The maximum atomic E-state index is 12.9. The van der Waals surface area contributed by atoms with Gasteiger partial charge in [-0.3, -0.25) is 9.59 Å². The summed E-state index contributed by atoms with van der Waals surface area (Å²) in [6, 6.07) is 15.7. The standard InChI is InChI=1S/C22H25NO3/c1-3-18-11-6-7-13-20(18)23(16-19-12-5-4-10-17(19)2)21(24)14-8-9-15-22(25)26/h3-7,10-13H,1,8-9,14-16H2,2H3,(H,25,26). The molecule has 0 aromatic heterocycles. The third-order valence-electron chi connectivity index (χ3n) is 4.37. The van der Waals surface area contributed by atoms with E-state index in [0.29, 0.717) is 25.8 Å². The summed E-state index contributed by atoms with van der Waals surface area (Å²) >= 11 is 0. The van der Waals surface area contributed by atoms with Gasteiger partial charge in [-0.05, 0) is 42.5 Å². The van der Waals surface area contributed by atoms with Gasteiger partial charge >= 0.3 is 5.97 Å². The van der Waals surface area contributed by atoms with E-state index >= 15 is 0 Å². The van der Waals surface area contributed by atoms with Crippen LogP contribution < -0.4 is 4.90 Å². The summed E-state index contributed by atoms with van der Waals surface area (Å²) in [5, 5.41) is 8.75. The maximum Gasteiger partial charge on any atom is 0.303 e. The molecule has 4 nitrogen and oxygen atoms in total. The lowest BCUT2D eigenvalue weighted by Crippen LogP contribution is -2.31. The first kappa shape index (κ1) is 19.4. The van der Waals surface area contributed by atoms with Gasteiger partial charge < -0.3 is 10.0 Å². The van der Waals surface area contributed by atoms with Crippen molar-refractivity contribution in [1.82, 2.24) is 0 Å². The highest BCUT2D eigenvalue weighted by Gasteiger charge is 2.18. The molecule has 0 saturated carbocycles. The Morgan fingerprint density at radius 2 is 1.69 bits per heavy atom. The van der Waals surface area contributed by atoms with E-state index in [1.165, 1.54) is 0 Å². The fourth-order valence-electron chi connectivity index (χ4n) is 2.86. The first-order chi connectivity index (χ1) is 12.5. The minimum Gasteiger partial charge on any atom is -0.481 e. The van der Waals surface area contributed by atoms with Gasteiger partial charge in [-0.2, -0.15) is 0 Å². The number of carbonyl (C=O) groups excluding carboxylic acids is 1. The third-order valence-corrected chi connectivity index (χ3v) is 4.37. The van der Waals surface area contributed by atoms with Crippen LogP contribution in [0.15, 0.2) is 55.1 Å². The quantitative estimate of drug-likeness (QED) is 0.659. The molecule has 0 aliphatic heterocycles. The average Bonchev–Trinajstić information content (AvgIpc) is 2.64. The van der Waals surface area contributed by atoms with E-state index in [9.17, 15) is 9.59 Å². The third kappa shape index (κ3) is 5.31. The summed E-state index contributed by atoms with van der Waals surface area (Å²) in [5.74, 6) is -0.834. The second kappa shape index (κ2) is 9.56. The molecular weight excluding hydrogens is 326 g/mol. The van der Waals surface area contributed by atoms with Gasteiger partial charge in [-0.1, -0.05) is 55.1 Å². The number of aryl methyl sites for hydroxylation is 1. The van der Waals surface area contributed by atoms with Gasteiger partial charge in [0.1, 0.15) is 0 Å². The molecule has 0 heterocycles. The number of hydrogen-bond donors (Lipinski definition) is 1. The Morgan fingerprint density at radius 3 is 2.38 bits per heavy atom. The van der Waals surface area contributed by atoms with Crippen LogP contribution in [0.2, 0.25) is 0 Å². The first-order valence-electron chi connectivity index (χ1n) is 8.81. The zero-order valence-corrected chi connectivity index (χ0v) is 15.1. The molecule has 26 heavy (non-hydrogen) atoms. The van der Waals surface area contributed by atoms with Crippen molar-refractivity contribution in [3.05, 3.63) is 71.8 Å². The lowest BCUT2D eigenvalue weighted by atomic mass is 10.1. The fourth-order valence-corrected chi connectivity index (χ4v) is 2.86. The Labute approximate surface area is 154 Å². The number of nitrogens with zero attached hydrogens (tertiary/aromatic N) is 1. The number of benzene rings is 2. The number of anilines is 1. The number of para-hydroxylation sites is 1. The number of carbonyl (C=O) groups is 2. The van der Waals surface area contributed by atoms with Crippen molar-refractivity contribution in [2.75, 3.05) is 4.90 Å². The number of hydrogen-bond acceptors (Lipinski definition) is 2. The molecule has 0 bridgehead atoms. The van der Waals surface area contributed by atoms with Crippen LogP contribution in [-0.2, 0) is 16.1 Å². The van der Waals surface area contributed by atoms with Gasteiger partial charge in [0.25, 0.3) is 0 Å². The molecule has 0 aliphatic rings. The smallest absolute Gasteiger partial charge is 0.303 e. The molecule has 4 heteroatoms. The highest BCUT2D eigenvalue weighted by atomic mass is 16.4. The average molecular weight is 351 g/mol. The van der Waals surface area contributed by atoms with Gasteiger partial charge in [-0.25, -0.2) is 0 Å². The molecule has 0 fully saturated rings. The molecule has 0 spiro atoms. The van der Waals surface area contributed by atoms with E-state index in [1.807, 2.05) is 55.5 Å². The highest BCUT2D eigenvalue weighted by Crippen LogP contribution is 2.25. The van der Waals surface area contributed by atoms with E-state index in [2.05, 4.69) is 6.58 Å². The van der Waals surface area contributed by atoms with E-state index in [0.717, 1.165) is 22.4 Å². The molecule has 0 unspecified atom stereocenters. The Hall–Kier alpha value is -2.88. The van der Waals surface area contributed by atoms with Crippen LogP contribution in [0.1, 0.15) is 42.4 Å². The minimum absolute atomic E-state index is 0.00654. The molecule has 2 aromatic rings. The van der Waals surface area contributed by atoms with Crippen LogP contribution >= 0.6 is 0 Å². The van der Waals surface area contributed by atoms with Gasteiger partial charge in [0, 0.05) is 12.8 Å². The van der Waals surface area contributed by atoms with Crippen LogP contribution in [0.3, 0.4) is 0 Å². The fraction of sp³-hybridized carbons (Fsp3) is 0.273. The van der Waals surface area contributed by atoms with Gasteiger partial charge in [0.15, 0.2) is 0 Å². The monoisotopic (exact) mass is 351 g/mol. The summed E-state index contributed by atoms with van der Waals surface area (Å²) in [5.41, 5.74) is 3.95. The van der Waals surface area contributed by atoms with Crippen LogP contribution in [-0.4, -0.2) is 17.0 Å². The summed E-state index contributed by atoms with van der Waals surface area (Å²) < 4.78 is 0. The number of unbranched alkanes of at least 4 members (excludes halogenated alkanes) is 1. The van der Waals surface area contributed by atoms with Gasteiger partial charge in [-0.15, -0.1) is 0 Å². The summed E-state index contributed by atoms with van der Waals surface area (Å²) in [6.45, 7) is 6.36. The van der Waals surface area contributed by atoms with E-state index in [4.69, 9.17) is 5.11 Å². The number of amides is 1. The number of aliphatic carboxylic acids is 1. The van der Waals surface area contributed by atoms with Crippen LogP contribution in [0.4, 0.5) is 5.69 Å². The van der Waals surface area contributed by atoms with Crippen molar-refractivity contribution in [3.8, 4) is 0 Å². The Bertz CT molecular complexity index is 782. The lowest BCUT2D eigenvalue weighted by molar-refractivity contribution is -0.137. The second-order valence-electron chi connectivity index (χ2n) is 6.27. The van der Waals surface area contributed by atoms with Gasteiger partial charge in [0.2, 0.25) is 5.91 Å². The van der Waals surface area contributed by atoms with Crippen LogP contribution in [0, 0.1) is 6.92 Å². The molecule has 2 aromatic carbocycles. The number of rotatable bonds is 9. The Balaban J connectivity index is 2.23. The van der Waals surface area contributed by atoms with E-state index < -0.39 is 5.97 Å². The Morgan fingerprint density at radius 1 is 1.04 bits per heavy atom. The summed E-state index contributed by atoms with van der Waals surface area (Å²) in [4.78, 5) is 25.3. The predicted molar refractivity (Wildman–Crippen MR) is 105 cm³/mol. The summed E-state index contributed by atoms with van der Waals surface area (Å²) in [6.07, 6.45) is 3.23. The topological polar surface area (TPSA) is 57.6 Å². The largest absolute Gasteiger partial charge is 0.481 e. The predicted octanol–water partition coefficient (Wildman–Crippen LogP) is 4.82. The number of carboxylic acids is 1. The lowest BCUT2D eigenvalue weighted by Gasteiger charge is -2.25. The molecule has 1 amide bonds. The van der Waals surface area contributed by atoms with Crippen molar-refractivity contribution < 1.29 is 14.7 Å². The number of carboxylic acid groups (broad SMARTS) is 1.